The summed E-state index contributed by atoms with van der Waals surface area (Å²) in [6, 6.07) is 5.62. The first-order chi connectivity index (χ1) is 9.06. The van der Waals surface area contributed by atoms with E-state index in [1.54, 1.807) is 18.2 Å². The first-order valence-electron chi connectivity index (χ1n) is 6.51. The van der Waals surface area contributed by atoms with Gasteiger partial charge in [0.15, 0.2) is 0 Å². The topological polar surface area (TPSA) is 40.5 Å². The van der Waals surface area contributed by atoms with E-state index in [-0.39, 0.29) is 29.1 Å². The van der Waals surface area contributed by atoms with E-state index in [9.17, 15) is 9.90 Å². The molecular formula is C14H15ClINO2. The van der Waals surface area contributed by atoms with Crippen molar-refractivity contribution in [1.82, 2.24) is 4.90 Å². The lowest BCUT2D eigenvalue weighted by Gasteiger charge is -2.37. The smallest absolute Gasteiger partial charge is 0.258 e. The summed E-state index contributed by atoms with van der Waals surface area (Å²) in [5.41, 5.74) is 0.414. The molecule has 0 saturated carbocycles. The highest BCUT2D eigenvalue weighted by Gasteiger charge is 2.43. The van der Waals surface area contributed by atoms with Gasteiger partial charge in [0, 0.05) is 21.0 Å². The second-order valence-corrected chi connectivity index (χ2v) is 7.19. The van der Waals surface area contributed by atoms with E-state index < -0.39 is 0 Å². The zero-order valence-electron chi connectivity index (χ0n) is 10.4. The lowest BCUT2D eigenvalue weighted by atomic mass is 10.0. The van der Waals surface area contributed by atoms with Crippen LogP contribution in [0.1, 0.15) is 36.0 Å². The van der Waals surface area contributed by atoms with Gasteiger partial charge in [-0.3, -0.25) is 4.79 Å². The molecule has 2 heterocycles. The Morgan fingerprint density at radius 1 is 1.32 bits per heavy atom. The van der Waals surface area contributed by atoms with Gasteiger partial charge in [-0.25, -0.2) is 0 Å². The molecule has 2 saturated heterocycles. The fourth-order valence-electron chi connectivity index (χ4n) is 3.26. The van der Waals surface area contributed by atoms with Crippen LogP contribution < -0.4 is 0 Å². The highest BCUT2D eigenvalue weighted by atomic mass is 127. The number of piperidine rings is 1. The average Bonchev–Trinajstić information content (AvgIpc) is 2.64. The molecule has 2 unspecified atom stereocenters. The first kappa shape index (κ1) is 13.5. The second-order valence-electron chi connectivity index (χ2n) is 5.33. The number of phenolic OH excluding ortho intramolecular Hbond substituents is 1. The number of rotatable bonds is 1. The Labute approximate surface area is 131 Å². The third-order valence-electron chi connectivity index (χ3n) is 4.10. The minimum Gasteiger partial charge on any atom is -0.507 e. The Bertz CT molecular complexity index is 508. The molecule has 1 amide bonds. The van der Waals surface area contributed by atoms with Crippen molar-refractivity contribution in [3.63, 3.8) is 0 Å². The number of fused-ring (bicyclic) bond motifs is 2. The largest absolute Gasteiger partial charge is 0.507 e. The van der Waals surface area contributed by atoms with Crippen LogP contribution in [0.5, 0.6) is 5.75 Å². The Balaban J connectivity index is 1.90. The minimum atomic E-state index is -0.0490. The molecule has 1 aromatic carbocycles. The number of carbonyl (C=O) groups is 1. The minimum absolute atomic E-state index is 0.0490. The Morgan fingerprint density at radius 3 is 2.58 bits per heavy atom. The van der Waals surface area contributed by atoms with Crippen LogP contribution in [0.25, 0.3) is 0 Å². The highest BCUT2D eigenvalue weighted by molar-refractivity contribution is 14.1. The molecule has 0 aromatic heterocycles. The van der Waals surface area contributed by atoms with Crippen LogP contribution in [0.3, 0.4) is 0 Å². The van der Waals surface area contributed by atoms with E-state index in [2.05, 4.69) is 22.6 Å². The first-order valence-corrected chi connectivity index (χ1v) is 8.03. The van der Waals surface area contributed by atoms with Crippen LogP contribution in [0, 0.1) is 3.57 Å². The van der Waals surface area contributed by atoms with E-state index >= 15 is 0 Å². The summed E-state index contributed by atoms with van der Waals surface area (Å²) in [5.74, 6) is 0.0184. The predicted molar refractivity (Wildman–Crippen MR) is 82.7 cm³/mol. The molecular weight excluding hydrogens is 377 g/mol. The van der Waals surface area contributed by atoms with Crippen LogP contribution >= 0.6 is 34.2 Å². The molecule has 0 aliphatic carbocycles. The Kier molecular flexibility index (Phi) is 3.64. The molecule has 2 bridgehead atoms. The molecule has 0 spiro atoms. The summed E-state index contributed by atoms with van der Waals surface area (Å²) in [7, 11) is 0. The summed E-state index contributed by atoms with van der Waals surface area (Å²) in [6.45, 7) is 0. The molecule has 1 aromatic rings. The summed E-state index contributed by atoms with van der Waals surface area (Å²) >= 11 is 8.38. The standard InChI is InChI=1S/C14H15ClINO2/c15-8-5-10-2-3-11(6-8)17(10)14(19)12-7-9(16)1-4-13(12)18/h1,4,7-8,10-11,18H,2-3,5-6H2. The van der Waals surface area contributed by atoms with Gasteiger partial charge in [0.05, 0.1) is 5.56 Å². The summed E-state index contributed by atoms with van der Waals surface area (Å²) < 4.78 is 0.957. The van der Waals surface area contributed by atoms with Crippen molar-refractivity contribution in [2.45, 2.75) is 43.1 Å². The van der Waals surface area contributed by atoms with Gasteiger partial charge in [0.25, 0.3) is 5.91 Å². The number of hydrogen-bond donors (Lipinski definition) is 1. The lowest BCUT2D eigenvalue weighted by Crippen LogP contribution is -2.47. The SMILES string of the molecule is O=C(c1cc(I)ccc1O)N1C2CCC1CC(Cl)C2. The van der Waals surface area contributed by atoms with E-state index in [0.29, 0.717) is 5.56 Å². The number of hydrogen-bond acceptors (Lipinski definition) is 2. The van der Waals surface area contributed by atoms with Gasteiger partial charge in [-0.2, -0.15) is 0 Å². The van der Waals surface area contributed by atoms with Crippen molar-refractivity contribution in [3.05, 3.63) is 27.3 Å². The van der Waals surface area contributed by atoms with Crippen LogP contribution in [0.15, 0.2) is 18.2 Å². The van der Waals surface area contributed by atoms with Crippen molar-refractivity contribution in [2.75, 3.05) is 0 Å². The maximum absolute atomic E-state index is 12.7. The number of amides is 1. The molecule has 2 atom stereocenters. The van der Waals surface area contributed by atoms with Crippen LogP contribution in [-0.2, 0) is 0 Å². The maximum Gasteiger partial charge on any atom is 0.258 e. The second kappa shape index (κ2) is 5.13. The third-order valence-corrected chi connectivity index (χ3v) is 5.13. The van der Waals surface area contributed by atoms with Gasteiger partial charge >= 0.3 is 0 Å². The third kappa shape index (κ3) is 2.44. The van der Waals surface area contributed by atoms with Crippen LogP contribution in [-0.4, -0.2) is 33.4 Å². The van der Waals surface area contributed by atoms with E-state index in [1.165, 1.54) is 0 Å². The number of nitrogens with zero attached hydrogens (tertiary/aromatic N) is 1. The molecule has 2 fully saturated rings. The molecule has 3 nitrogen and oxygen atoms in total. The number of aromatic hydroxyl groups is 1. The zero-order chi connectivity index (χ0) is 13.6. The van der Waals surface area contributed by atoms with Crippen molar-refractivity contribution in [1.29, 1.82) is 0 Å². The summed E-state index contributed by atoms with van der Waals surface area (Å²) in [6.07, 6.45) is 3.80. The fraction of sp³-hybridized carbons (Fsp3) is 0.500. The molecule has 102 valence electrons. The van der Waals surface area contributed by atoms with Gasteiger partial charge in [-0.15, -0.1) is 11.6 Å². The van der Waals surface area contributed by atoms with Gasteiger partial charge in [0.1, 0.15) is 5.75 Å². The Morgan fingerprint density at radius 2 is 1.95 bits per heavy atom. The Hall–Kier alpha value is -0.490. The van der Waals surface area contributed by atoms with Gasteiger partial charge in [-0.05, 0) is 66.5 Å². The van der Waals surface area contributed by atoms with E-state index in [1.807, 2.05) is 4.90 Å². The normalized spacial score (nSPS) is 29.6. The number of carbonyl (C=O) groups excluding carboxylic acids is 1. The zero-order valence-corrected chi connectivity index (χ0v) is 13.3. The number of alkyl halides is 1. The number of benzene rings is 1. The van der Waals surface area contributed by atoms with E-state index in [4.69, 9.17) is 11.6 Å². The maximum atomic E-state index is 12.7. The fourth-order valence-corrected chi connectivity index (χ4v) is 4.16. The monoisotopic (exact) mass is 391 g/mol. The molecule has 3 rings (SSSR count). The van der Waals surface area contributed by atoms with Crippen molar-refractivity contribution in [3.8, 4) is 5.75 Å². The predicted octanol–water partition coefficient (Wildman–Crippen LogP) is 3.37. The molecule has 0 radical (unpaired) electrons. The highest BCUT2D eigenvalue weighted by Crippen LogP contribution is 2.39. The molecule has 5 heteroatoms. The number of halogens is 2. The summed E-state index contributed by atoms with van der Waals surface area (Å²) in [4.78, 5) is 14.6. The number of phenols is 1. The van der Waals surface area contributed by atoms with Gasteiger partial charge in [-0.1, -0.05) is 0 Å². The molecule has 2 aliphatic heterocycles. The van der Waals surface area contributed by atoms with Crippen LogP contribution in [0.4, 0.5) is 0 Å². The van der Waals surface area contributed by atoms with Crippen molar-refractivity contribution < 1.29 is 9.90 Å². The average molecular weight is 392 g/mol. The molecule has 19 heavy (non-hydrogen) atoms. The summed E-state index contributed by atoms with van der Waals surface area (Å²) in [5, 5.41) is 10.1. The molecule has 2 aliphatic rings. The van der Waals surface area contributed by atoms with Gasteiger partial charge < -0.3 is 10.0 Å². The van der Waals surface area contributed by atoms with E-state index in [0.717, 1.165) is 29.3 Å². The quantitative estimate of drug-likeness (QED) is 0.589. The van der Waals surface area contributed by atoms with Crippen LogP contribution in [0.2, 0.25) is 0 Å². The van der Waals surface area contributed by atoms with Crippen molar-refractivity contribution in [2.24, 2.45) is 0 Å². The van der Waals surface area contributed by atoms with Gasteiger partial charge in [0.2, 0.25) is 0 Å². The molecule has 1 N–H and O–H groups in total. The lowest BCUT2D eigenvalue weighted by molar-refractivity contribution is 0.0596. The van der Waals surface area contributed by atoms with Crippen molar-refractivity contribution >= 4 is 40.1 Å².